The molecule has 0 aromatic carbocycles. The monoisotopic (exact) mass is 278 g/mol. The smallest absolute Gasteiger partial charge is 0.0406 e. The van der Waals surface area contributed by atoms with Gasteiger partial charge in [0.1, 0.15) is 35.4 Å². The van der Waals surface area contributed by atoms with Gasteiger partial charge in [-0.05, 0) is 51.4 Å². The van der Waals surface area contributed by atoms with Gasteiger partial charge < -0.3 is 0 Å². The lowest BCUT2D eigenvalue weighted by Gasteiger charge is -2.46. The minimum Gasteiger partial charge on any atom is -0.0406 e. The maximum Gasteiger partial charge on any atom is 0.204 e. The first-order chi connectivity index (χ1) is 8.90. The summed E-state index contributed by atoms with van der Waals surface area (Å²) in [5.41, 5.74) is 0. The normalized spacial score (nSPS) is 53.3. The summed E-state index contributed by atoms with van der Waals surface area (Å²) in [6, 6.07) is 0. The fraction of sp³-hybridized carbons (Fsp3) is 0.875. The summed E-state index contributed by atoms with van der Waals surface area (Å²) in [4.78, 5) is 0. The van der Waals surface area contributed by atoms with Crippen LogP contribution in [0.3, 0.4) is 0 Å². The quantitative estimate of drug-likeness (QED) is 0.578. The lowest BCUT2D eigenvalue weighted by molar-refractivity contribution is 0.212. The molecule has 7 fully saturated rings. The van der Waals surface area contributed by atoms with Gasteiger partial charge in [-0.15, -0.1) is 0 Å². The second kappa shape index (κ2) is 3.97. The molecule has 0 spiro atoms. The van der Waals surface area contributed by atoms with Gasteiger partial charge in [-0.2, -0.15) is 0 Å². The molecule has 7 rings (SSSR count). The zero-order chi connectivity index (χ0) is 11.7. The van der Waals surface area contributed by atoms with Crippen molar-refractivity contribution in [1.82, 2.24) is 0 Å². The molecule has 18 heavy (non-hydrogen) atoms. The standard InChI is InChI=1S/C16H22S2/c1-2-10-4-3-9(1)13-14(10)18-16-12-7-5-11(6-8-12)15(16)17-13/h9-13,16H,1-8H2/q+2. The minimum absolute atomic E-state index is 0.952. The third-order valence-electron chi connectivity index (χ3n) is 6.29. The summed E-state index contributed by atoms with van der Waals surface area (Å²) in [6.45, 7) is 0. The van der Waals surface area contributed by atoms with Crippen LogP contribution < -0.4 is 0 Å². The Hall–Kier alpha value is 0.440. The number of hydrogen-bond donors (Lipinski definition) is 0. The van der Waals surface area contributed by atoms with Crippen LogP contribution in [0, 0.1) is 34.2 Å². The van der Waals surface area contributed by atoms with Crippen LogP contribution in [0.25, 0.3) is 0 Å². The third kappa shape index (κ3) is 1.43. The third-order valence-corrected chi connectivity index (χ3v) is 10.1. The predicted octanol–water partition coefficient (Wildman–Crippen LogP) is 4.91. The summed E-state index contributed by atoms with van der Waals surface area (Å²) in [5, 5.41) is 5.83. The topological polar surface area (TPSA) is 0 Å². The van der Waals surface area contributed by atoms with Crippen LogP contribution in [-0.2, 0) is 0 Å². The largest absolute Gasteiger partial charge is 0.204 e. The molecule has 0 radical (unpaired) electrons. The molecule has 1 heterocycles. The van der Waals surface area contributed by atoms with Crippen molar-refractivity contribution in [2.45, 2.75) is 61.9 Å². The Morgan fingerprint density at radius 1 is 0.556 bits per heavy atom. The first-order valence-electron chi connectivity index (χ1n) is 7.97. The molecular weight excluding hydrogens is 256 g/mol. The minimum atomic E-state index is 0.952. The molecule has 2 unspecified atom stereocenters. The van der Waals surface area contributed by atoms with E-state index in [1.807, 2.05) is 10.5 Å². The van der Waals surface area contributed by atoms with Crippen LogP contribution in [-0.4, -0.2) is 10.5 Å². The Kier molecular flexibility index (Phi) is 2.46. The molecule has 1 aliphatic heterocycles. The van der Waals surface area contributed by atoms with E-state index in [2.05, 4.69) is 23.5 Å². The number of hydrogen-bond acceptors (Lipinski definition) is 2. The molecular formula is C16H22S2+2. The van der Waals surface area contributed by atoms with Crippen LogP contribution in [0.15, 0.2) is 0 Å². The molecule has 0 amide bonds. The van der Waals surface area contributed by atoms with E-state index in [9.17, 15) is 0 Å². The van der Waals surface area contributed by atoms with Crippen molar-refractivity contribution in [3.05, 3.63) is 10.5 Å². The summed E-state index contributed by atoms with van der Waals surface area (Å²) in [6.07, 6.45) is 12.3. The molecule has 2 heteroatoms. The average Bonchev–Trinajstić information content (AvgIpc) is 2.48. The van der Waals surface area contributed by atoms with Gasteiger partial charge in [-0.25, -0.2) is 0 Å². The van der Waals surface area contributed by atoms with Crippen LogP contribution in [0.4, 0.5) is 0 Å². The molecule has 0 nitrogen and oxygen atoms in total. The van der Waals surface area contributed by atoms with Gasteiger partial charge in [-0.3, -0.25) is 0 Å². The number of thioether (sulfide) groups is 2. The van der Waals surface area contributed by atoms with Crippen LogP contribution in [0.2, 0.25) is 0 Å². The van der Waals surface area contributed by atoms with E-state index in [0.29, 0.717) is 0 Å². The zero-order valence-electron chi connectivity index (χ0n) is 10.9. The van der Waals surface area contributed by atoms with Gasteiger partial charge in [0.2, 0.25) is 10.5 Å². The van der Waals surface area contributed by atoms with Gasteiger partial charge in [0.15, 0.2) is 10.5 Å². The first kappa shape index (κ1) is 11.1. The Balaban J connectivity index is 1.46. The highest BCUT2D eigenvalue weighted by molar-refractivity contribution is 8.10. The van der Waals surface area contributed by atoms with Crippen molar-refractivity contribution in [3.8, 4) is 0 Å². The van der Waals surface area contributed by atoms with Gasteiger partial charge in [0.05, 0.1) is 0 Å². The summed E-state index contributed by atoms with van der Waals surface area (Å²) in [7, 11) is 0. The lowest BCUT2D eigenvalue weighted by atomic mass is 9.69. The molecule has 7 aliphatic rings. The number of fused-ring (bicyclic) bond motifs is 4. The van der Waals surface area contributed by atoms with Crippen LogP contribution >= 0.6 is 23.5 Å². The molecule has 0 N–H and O–H groups in total. The van der Waals surface area contributed by atoms with Crippen molar-refractivity contribution < 1.29 is 0 Å². The van der Waals surface area contributed by atoms with E-state index in [1.165, 1.54) is 25.7 Å². The van der Waals surface area contributed by atoms with Gasteiger partial charge in [-0.1, -0.05) is 0 Å². The zero-order valence-corrected chi connectivity index (χ0v) is 12.6. The highest BCUT2D eigenvalue weighted by atomic mass is 32.2. The van der Waals surface area contributed by atoms with Crippen molar-refractivity contribution in [2.75, 3.05) is 0 Å². The van der Waals surface area contributed by atoms with Crippen molar-refractivity contribution in [1.29, 1.82) is 0 Å². The molecule has 6 saturated carbocycles. The van der Waals surface area contributed by atoms with Crippen LogP contribution in [0.5, 0.6) is 0 Å². The highest BCUT2D eigenvalue weighted by Crippen LogP contribution is 2.68. The first-order valence-corrected chi connectivity index (χ1v) is 9.73. The molecule has 1 saturated heterocycles. The maximum atomic E-state index is 2.38. The van der Waals surface area contributed by atoms with E-state index in [-0.39, 0.29) is 0 Å². The fourth-order valence-corrected chi connectivity index (χ4v) is 9.53. The molecule has 0 aromatic rings. The summed E-state index contributed by atoms with van der Waals surface area (Å²) in [5.74, 6) is 4.13. The Labute approximate surface area is 119 Å². The fourth-order valence-electron chi connectivity index (χ4n) is 5.27. The molecule has 4 bridgehead atoms. The highest BCUT2D eigenvalue weighted by Gasteiger charge is 2.69. The number of rotatable bonds is 0. The predicted molar refractivity (Wildman–Crippen MR) is 80.1 cm³/mol. The van der Waals surface area contributed by atoms with E-state index in [0.717, 1.165) is 34.2 Å². The SMILES string of the molecule is C1CC2CCC1[C+]1SC3[C+](SC12)C1CCC3CC1. The molecule has 96 valence electrons. The molecule has 2 atom stereocenters. The Morgan fingerprint density at radius 2 is 0.944 bits per heavy atom. The molecule has 6 aliphatic carbocycles. The lowest BCUT2D eigenvalue weighted by Crippen LogP contribution is -2.49. The van der Waals surface area contributed by atoms with Crippen molar-refractivity contribution in [2.24, 2.45) is 23.7 Å². The van der Waals surface area contributed by atoms with Gasteiger partial charge in [0, 0.05) is 11.8 Å². The van der Waals surface area contributed by atoms with Crippen LogP contribution in [0.1, 0.15) is 51.4 Å². The van der Waals surface area contributed by atoms with Gasteiger partial charge in [0.25, 0.3) is 0 Å². The Bertz CT molecular complexity index is 273. The van der Waals surface area contributed by atoms with Crippen molar-refractivity contribution >= 4 is 23.5 Å². The van der Waals surface area contributed by atoms with E-state index >= 15 is 0 Å². The second-order valence-corrected chi connectivity index (χ2v) is 9.53. The van der Waals surface area contributed by atoms with E-state index in [4.69, 9.17) is 0 Å². The summed E-state index contributed by atoms with van der Waals surface area (Å²) >= 11 is 4.77. The van der Waals surface area contributed by atoms with E-state index < -0.39 is 0 Å². The van der Waals surface area contributed by atoms with Gasteiger partial charge >= 0.3 is 0 Å². The van der Waals surface area contributed by atoms with Crippen molar-refractivity contribution in [3.63, 3.8) is 0 Å². The maximum absolute atomic E-state index is 2.38. The second-order valence-electron chi connectivity index (χ2n) is 7.11. The molecule has 0 aromatic heterocycles. The van der Waals surface area contributed by atoms with E-state index in [1.54, 1.807) is 25.7 Å². The summed E-state index contributed by atoms with van der Waals surface area (Å²) < 4.78 is 0. The average molecular weight is 278 g/mol. The Morgan fingerprint density at radius 3 is 1.33 bits per heavy atom.